The van der Waals surface area contributed by atoms with Crippen molar-refractivity contribution in [3.05, 3.63) is 29.8 Å². The predicted molar refractivity (Wildman–Crippen MR) is 84.6 cm³/mol. The van der Waals surface area contributed by atoms with Gasteiger partial charge in [-0.2, -0.15) is 5.26 Å². The number of benzene rings is 1. The van der Waals surface area contributed by atoms with Crippen LogP contribution < -0.4 is 10.1 Å². The summed E-state index contributed by atoms with van der Waals surface area (Å²) in [6.45, 7) is 5.84. The van der Waals surface area contributed by atoms with Crippen molar-refractivity contribution in [3.63, 3.8) is 0 Å². The van der Waals surface area contributed by atoms with Crippen molar-refractivity contribution in [3.8, 4) is 11.8 Å². The summed E-state index contributed by atoms with van der Waals surface area (Å²) in [5.74, 6) is 0.408. The third kappa shape index (κ3) is 3.14. The van der Waals surface area contributed by atoms with Gasteiger partial charge in [0.1, 0.15) is 11.3 Å². The molecule has 1 saturated heterocycles. The van der Waals surface area contributed by atoms with E-state index in [0.29, 0.717) is 17.7 Å². The third-order valence-corrected chi connectivity index (χ3v) is 3.87. The van der Waals surface area contributed by atoms with Gasteiger partial charge in [0.15, 0.2) is 0 Å². The predicted octanol–water partition coefficient (Wildman–Crippen LogP) is 2.54. The highest BCUT2D eigenvalue weighted by Crippen LogP contribution is 2.33. The molecule has 1 N–H and O–H groups in total. The molecule has 1 aliphatic heterocycles. The number of nitrogens with one attached hydrogen (secondary N) is 1. The second kappa shape index (κ2) is 6.69. The SMILES string of the molecule is CCC1(c2ccc(OC(C)C)cc2)NC(=O)N(CCC#N)C1=O. The molecule has 6 nitrogen and oxygen atoms in total. The fourth-order valence-electron chi connectivity index (χ4n) is 2.72. The van der Waals surface area contributed by atoms with Crippen LogP contribution in [0.5, 0.6) is 5.75 Å². The Morgan fingerprint density at radius 3 is 2.48 bits per heavy atom. The van der Waals surface area contributed by atoms with Gasteiger partial charge in [0.05, 0.1) is 18.6 Å². The van der Waals surface area contributed by atoms with Crippen LogP contribution in [0.15, 0.2) is 24.3 Å². The van der Waals surface area contributed by atoms with Crippen molar-refractivity contribution in [2.24, 2.45) is 0 Å². The molecule has 0 spiro atoms. The molecule has 122 valence electrons. The number of urea groups is 1. The Hall–Kier alpha value is -2.55. The molecule has 1 atom stereocenters. The first-order valence-corrected chi connectivity index (χ1v) is 7.73. The molecule has 6 heteroatoms. The Morgan fingerprint density at radius 1 is 1.30 bits per heavy atom. The molecular weight excluding hydrogens is 294 g/mol. The zero-order valence-corrected chi connectivity index (χ0v) is 13.6. The van der Waals surface area contributed by atoms with Crippen LogP contribution in [0.1, 0.15) is 39.2 Å². The van der Waals surface area contributed by atoms with Crippen LogP contribution in [-0.4, -0.2) is 29.5 Å². The van der Waals surface area contributed by atoms with Crippen LogP contribution in [0.25, 0.3) is 0 Å². The number of imide groups is 1. The number of hydrogen-bond acceptors (Lipinski definition) is 4. The molecular formula is C17H21N3O3. The monoisotopic (exact) mass is 315 g/mol. The lowest BCUT2D eigenvalue weighted by Crippen LogP contribution is -2.43. The van der Waals surface area contributed by atoms with Crippen molar-refractivity contribution in [1.29, 1.82) is 5.26 Å². The van der Waals surface area contributed by atoms with E-state index in [1.165, 1.54) is 0 Å². The first kappa shape index (κ1) is 16.8. The molecule has 1 fully saturated rings. The molecule has 1 heterocycles. The fourth-order valence-corrected chi connectivity index (χ4v) is 2.72. The van der Waals surface area contributed by atoms with E-state index in [2.05, 4.69) is 5.32 Å². The molecule has 23 heavy (non-hydrogen) atoms. The van der Waals surface area contributed by atoms with Gasteiger partial charge in [0, 0.05) is 6.54 Å². The smallest absolute Gasteiger partial charge is 0.325 e. The lowest BCUT2D eigenvalue weighted by Gasteiger charge is -2.26. The third-order valence-electron chi connectivity index (χ3n) is 3.87. The Kier molecular flexibility index (Phi) is 4.89. The van der Waals surface area contributed by atoms with E-state index in [1.54, 1.807) is 24.3 Å². The van der Waals surface area contributed by atoms with Crippen LogP contribution in [0.4, 0.5) is 4.79 Å². The zero-order valence-electron chi connectivity index (χ0n) is 13.6. The number of rotatable bonds is 6. The summed E-state index contributed by atoms with van der Waals surface area (Å²) in [5, 5.41) is 11.5. The van der Waals surface area contributed by atoms with Gasteiger partial charge in [0.25, 0.3) is 5.91 Å². The highest BCUT2D eigenvalue weighted by molar-refractivity contribution is 6.07. The van der Waals surface area contributed by atoms with Gasteiger partial charge >= 0.3 is 6.03 Å². The Labute approximate surface area is 136 Å². The lowest BCUT2D eigenvalue weighted by molar-refractivity contribution is -0.131. The summed E-state index contributed by atoms with van der Waals surface area (Å²) in [7, 11) is 0. The number of nitrogens with zero attached hydrogens (tertiary/aromatic N) is 2. The molecule has 0 radical (unpaired) electrons. The van der Waals surface area contributed by atoms with E-state index in [9.17, 15) is 9.59 Å². The molecule has 0 saturated carbocycles. The molecule has 0 bridgehead atoms. The zero-order chi connectivity index (χ0) is 17.0. The van der Waals surface area contributed by atoms with E-state index in [0.717, 1.165) is 4.90 Å². The standard InChI is InChI=1S/C17H21N3O3/c1-4-17(13-6-8-14(9-7-13)23-12(2)3)15(21)20(11-5-10-18)16(22)19-17/h6-9,12H,4-5,11H2,1-3H3,(H,19,22). The van der Waals surface area contributed by atoms with E-state index in [4.69, 9.17) is 10.00 Å². The van der Waals surface area contributed by atoms with Crippen molar-refractivity contribution in [1.82, 2.24) is 10.2 Å². The highest BCUT2D eigenvalue weighted by atomic mass is 16.5. The Balaban J connectivity index is 2.29. The summed E-state index contributed by atoms with van der Waals surface area (Å²) >= 11 is 0. The van der Waals surface area contributed by atoms with Crippen LogP contribution in [0.3, 0.4) is 0 Å². The lowest BCUT2D eigenvalue weighted by atomic mass is 9.87. The number of amides is 3. The van der Waals surface area contributed by atoms with Crippen LogP contribution >= 0.6 is 0 Å². The van der Waals surface area contributed by atoms with Gasteiger partial charge < -0.3 is 10.1 Å². The van der Waals surface area contributed by atoms with Gasteiger partial charge in [0.2, 0.25) is 0 Å². The molecule has 0 aliphatic carbocycles. The minimum absolute atomic E-state index is 0.0651. The fraction of sp³-hybridized carbons (Fsp3) is 0.471. The van der Waals surface area contributed by atoms with Crippen molar-refractivity contribution in [2.45, 2.75) is 45.3 Å². The number of nitriles is 1. The van der Waals surface area contributed by atoms with Crippen molar-refractivity contribution in [2.75, 3.05) is 6.54 Å². The van der Waals surface area contributed by atoms with Crippen molar-refractivity contribution < 1.29 is 14.3 Å². The second-order valence-electron chi connectivity index (χ2n) is 5.74. The van der Waals surface area contributed by atoms with Gasteiger partial charge in [-0.05, 0) is 38.0 Å². The molecule has 1 aliphatic rings. The van der Waals surface area contributed by atoms with E-state index in [1.807, 2.05) is 26.8 Å². The molecule has 1 aromatic carbocycles. The maximum absolute atomic E-state index is 12.7. The number of carbonyl (C=O) groups excluding carboxylic acids is 2. The quantitative estimate of drug-likeness (QED) is 0.818. The average Bonchev–Trinajstić information content (AvgIpc) is 2.77. The minimum atomic E-state index is -1.07. The Bertz CT molecular complexity index is 633. The maximum Gasteiger partial charge on any atom is 0.325 e. The summed E-state index contributed by atoms with van der Waals surface area (Å²) in [6, 6.07) is 8.70. The molecule has 2 rings (SSSR count). The summed E-state index contributed by atoms with van der Waals surface area (Å²) < 4.78 is 5.60. The molecule has 1 unspecified atom stereocenters. The van der Waals surface area contributed by atoms with Gasteiger partial charge in [-0.3, -0.25) is 9.69 Å². The summed E-state index contributed by atoms with van der Waals surface area (Å²) in [6.07, 6.45) is 0.626. The van der Waals surface area contributed by atoms with E-state index < -0.39 is 11.6 Å². The topological polar surface area (TPSA) is 82.4 Å². The number of carbonyl (C=O) groups is 2. The number of hydrogen-bond donors (Lipinski definition) is 1. The molecule has 1 aromatic rings. The summed E-state index contributed by atoms with van der Waals surface area (Å²) in [5.41, 5.74) is -0.350. The number of ether oxygens (including phenoxy) is 1. The van der Waals surface area contributed by atoms with E-state index in [-0.39, 0.29) is 25.0 Å². The maximum atomic E-state index is 12.7. The van der Waals surface area contributed by atoms with Crippen molar-refractivity contribution >= 4 is 11.9 Å². The first-order chi connectivity index (χ1) is 10.9. The normalized spacial score (nSPS) is 20.6. The van der Waals surface area contributed by atoms with Crippen LogP contribution in [-0.2, 0) is 10.3 Å². The second-order valence-corrected chi connectivity index (χ2v) is 5.74. The Morgan fingerprint density at radius 2 is 1.96 bits per heavy atom. The summed E-state index contributed by atoms with van der Waals surface area (Å²) in [4.78, 5) is 26.0. The first-order valence-electron chi connectivity index (χ1n) is 7.73. The average molecular weight is 315 g/mol. The minimum Gasteiger partial charge on any atom is -0.491 e. The van der Waals surface area contributed by atoms with Gasteiger partial charge in [-0.15, -0.1) is 0 Å². The molecule has 3 amide bonds. The largest absolute Gasteiger partial charge is 0.491 e. The highest BCUT2D eigenvalue weighted by Gasteiger charge is 2.50. The van der Waals surface area contributed by atoms with Crippen LogP contribution in [0, 0.1) is 11.3 Å². The molecule has 0 aromatic heterocycles. The van der Waals surface area contributed by atoms with Gasteiger partial charge in [-0.1, -0.05) is 19.1 Å². The van der Waals surface area contributed by atoms with E-state index >= 15 is 0 Å². The van der Waals surface area contributed by atoms with Crippen LogP contribution in [0.2, 0.25) is 0 Å². The van der Waals surface area contributed by atoms with Gasteiger partial charge in [-0.25, -0.2) is 4.79 Å².